The van der Waals surface area contributed by atoms with Crippen LogP contribution in [0.4, 0.5) is 0 Å². The van der Waals surface area contributed by atoms with Gasteiger partial charge in [-0.25, -0.2) is 0 Å². The van der Waals surface area contributed by atoms with Gasteiger partial charge in [-0.05, 0) is 18.8 Å². The fourth-order valence-corrected chi connectivity index (χ4v) is 1.89. The molecule has 1 aliphatic carbocycles. The first-order valence-electron chi connectivity index (χ1n) is 5.70. The third-order valence-corrected chi connectivity index (χ3v) is 2.69. The average molecular weight is 206 g/mol. The Balaban J connectivity index is 2.18. The van der Waals surface area contributed by atoms with Crippen LogP contribution in [-0.2, 0) is 17.8 Å². The summed E-state index contributed by atoms with van der Waals surface area (Å²) in [5.41, 5.74) is 2.30. The lowest BCUT2D eigenvalue weighted by Gasteiger charge is -2.03. The first-order valence-corrected chi connectivity index (χ1v) is 5.70. The molecule has 1 fully saturated rings. The van der Waals surface area contributed by atoms with Gasteiger partial charge >= 0.3 is 0 Å². The Morgan fingerprint density at radius 1 is 1.60 bits per heavy atom. The Morgan fingerprint density at radius 2 is 2.33 bits per heavy atom. The quantitative estimate of drug-likeness (QED) is 0.692. The molecule has 3 heteroatoms. The molecule has 0 atom stereocenters. The lowest BCUT2D eigenvalue weighted by Crippen LogP contribution is -2.04. The molecule has 82 valence electrons. The van der Waals surface area contributed by atoms with Crippen molar-refractivity contribution in [1.82, 2.24) is 9.78 Å². The Hall–Kier alpha value is -1.12. The normalized spacial score (nSPS) is 15.9. The highest BCUT2D eigenvalue weighted by Gasteiger charge is 2.28. The van der Waals surface area contributed by atoms with Gasteiger partial charge in [0.1, 0.15) is 6.29 Å². The molecule has 0 bridgehead atoms. The van der Waals surface area contributed by atoms with E-state index >= 15 is 0 Å². The first-order chi connectivity index (χ1) is 7.20. The van der Waals surface area contributed by atoms with E-state index in [2.05, 4.69) is 18.9 Å². The van der Waals surface area contributed by atoms with E-state index in [4.69, 9.17) is 0 Å². The molecule has 15 heavy (non-hydrogen) atoms. The molecule has 0 spiro atoms. The molecule has 0 unspecified atom stereocenters. The minimum atomic E-state index is 0.518. The third kappa shape index (κ3) is 2.46. The van der Waals surface area contributed by atoms with E-state index in [1.165, 1.54) is 18.5 Å². The predicted molar refractivity (Wildman–Crippen MR) is 58.8 cm³/mol. The number of rotatable bonds is 5. The van der Waals surface area contributed by atoms with Crippen LogP contribution < -0.4 is 0 Å². The van der Waals surface area contributed by atoms with Crippen LogP contribution in [0.3, 0.4) is 0 Å². The van der Waals surface area contributed by atoms with Crippen molar-refractivity contribution < 1.29 is 4.79 Å². The maximum absolute atomic E-state index is 10.6. The Kier molecular flexibility index (Phi) is 2.89. The number of nitrogens with zero attached hydrogens (tertiary/aromatic N) is 2. The van der Waals surface area contributed by atoms with Gasteiger partial charge in [-0.15, -0.1) is 0 Å². The first kappa shape index (κ1) is 10.4. The number of carbonyl (C=O) groups excluding carboxylic acids is 1. The molecule has 1 aliphatic rings. The van der Waals surface area contributed by atoms with Gasteiger partial charge in [-0.2, -0.15) is 5.10 Å². The van der Waals surface area contributed by atoms with E-state index in [1.54, 1.807) is 0 Å². The molecule has 0 N–H and O–H groups in total. The Labute approximate surface area is 90.5 Å². The highest BCUT2D eigenvalue weighted by molar-refractivity contribution is 5.55. The zero-order chi connectivity index (χ0) is 10.8. The Morgan fingerprint density at radius 3 is 2.87 bits per heavy atom. The van der Waals surface area contributed by atoms with Gasteiger partial charge < -0.3 is 4.79 Å². The SMILES string of the molecule is CC(C)Cn1cc(CC=O)c(C2CC2)n1. The largest absolute Gasteiger partial charge is 0.303 e. The number of aromatic nitrogens is 2. The van der Waals surface area contributed by atoms with Crippen molar-refractivity contribution in [2.24, 2.45) is 5.92 Å². The topological polar surface area (TPSA) is 34.9 Å². The van der Waals surface area contributed by atoms with Crippen LogP contribution in [0.1, 0.15) is 43.9 Å². The van der Waals surface area contributed by atoms with Gasteiger partial charge in [0.05, 0.1) is 5.69 Å². The van der Waals surface area contributed by atoms with Gasteiger partial charge in [-0.3, -0.25) is 4.68 Å². The average Bonchev–Trinajstić information content (AvgIpc) is 2.91. The summed E-state index contributed by atoms with van der Waals surface area (Å²) in [7, 11) is 0. The number of hydrogen-bond donors (Lipinski definition) is 0. The number of hydrogen-bond acceptors (Lipinski definition) is 2. The fraction of sp³-hybridized carbons (Fsp3) is 0.667. The molecular weight excluding hydrogens is 188 g/mol. The molecule has 0 aromatic carbocycles. The van der Waals surface area contributed by atoms with E-state index in [0.717, 1.165) is 18.4 Å². The second-order valence-corrected chi connectivity index (χ2v) is 4.80. The lowest BCUT2D eigenvalue weighted by atomic mass is 10.1. The van der Waals surface area contributed by atoms with Gasteiger partial charge in [0.25, 0.3) is 0 Å². The van der Waals surface area contributed by atoms with E-state index in [1.807, 2.05) is 10.9 Å². The van der Waals surface area contributed by atoms with E-state index in [0.29, 0.717) is 18.3 Å². The summed E-state index contributed by atoms with van der Waals surface area (Å²) in [5.74, 6) is 1.23. The van der Waals surface area contributed by atoms with Crippen molar-refractivity contribution >= 4 is 6.29 Å². The molecular formula is C12H18N2O. The standard InChI is InChI=1S/C12H18N2O/c1-9(2)7-14-8-11(5-6-15)12(13-14)10-3-4-10/h6,8-10H,3-5,7H2,1-2H3. The van der Waals surface area contributed by atoms with E-state index < -0.39 is 0 Å². The van der Waals surface area contributed by atoms with Crippen LogP contribution in [-0.4, -0.2) is 16.1 Å². The van der Waals surface area contributed by atoms with Crippen LogP contribution in [0, 0.1) is 5.92 Å². The van der Waals surface area contributed by atoms with Gasteiger partial charge in [0.2, 0.25) is 0 Å². The van der Waals surface area contributed by atoms with Crippen LogP contribution in [0.2, 0.25) is 0 Å². The zero-order valence-electron chi connectivity index (χ0n) is 9.44. The summed E-state index contributed by atoms with van der Waals surface area (Å²) in [6, 6.07) is 0. The van der Waals surface area contributed by atoms with Crippen LogP contribution in [0.15, 0.2) is 6.20 Å². The summed E-state index contributed by atoms with van der Waals surface area (Å²) < 4.78 is 2.00. The zero-order valence-corrected chi connectivity index (χ0v) is 9.44. The lowest BCUT2D eigenvalue weighted by molar-refractivity contribution is -0.107. The second kappa shape index (κ2) is 4.17. The van der Waals surface area contributed by atoms with Gasteiger partial charge in [0.15, 0.2) is 0 Å². The van der Waals surface area contributed by atoms with E-state index in [-0.39, 0.29) is 0 Å². The minimum Gasteiger partial charge on any atom is -0.303 e. The monoisotopic (exact) mass is 206 g/mol. The third-order valence-electron chi connectivity index (χ3n) is 2.69. The molecule has 1 aromatic heterocycles. The molecule has 3 nitrogen and oxygen atoms in total. The molecule has 1 saturated carbocycles. The van der Waals surface area contributed by atoms with Crippen molar-refractivity contribution in [1.29, 1.82) is 0 Å². The molecule has 0 amide bonds. The highest BCUT2D eigenvalue weighted by Crippen LogP contribution is 2.40. The number of carbonyl (C=O) groups is 1. The molecule has 0 radical (unpaired) electrons. The second-order valence-electron chi connectivity index (χ2n) is 4.80. The van der Waals surface area contributed by atoms with Crippen molar-refractivity contribution in [2.45, 2.75) is 45.6 Å². The van der Waals surface area contributed by atoms with E-state index in [9.17, 15) is 4.79 Å². The van der Waals surface area contributed by atoms with Crippen molar-refractivity contribution in [3.8, 4) is 0 Å². The minimum absolute atomic E-state index is 0.518. The number of aldehydes is 1. The van der Waals surface area contributed by atoms with Crippen LogP contribution >= 0.6 is 0 Å². The molecule has 0 saturated heterocycles. The summed E-state index contributed by atoms with van der Waals surface area (Å²) >= 11 is 0. The summed E-state index contributed by atoms with van der Waals surface area (Å²) in [4.78, 5) is 10.6. The molecule has 2 rings (SSSR count). The maximum Gasteiger partial charge on any atom is 0.124 e. The van der Waals surface area contributed by atoms with Gasteiger partial charge in [0, 0.05) is 30.6 Å². The fourth-order valence-electron chi connectivity index (χ4n) is 1.89. The van der Waals surface area contributed by atoms with Crippen molar-refractivity contribution in [3.05, 3.63) is 17.5 Å². The summed E-state index contributed by atoms with van der Waals surface area (Å²) in [6.45, 7) is 5.30. The summed E-state index contributed by atoms with van der Waals surface area (Å²) in [6.07, 6.45) is 6.02. The molecule has 0 aliphatic heterocycles. The summed E-state index contributed by atoms with van der Waals surface area (Å²) in [5, 5.41) is 4.59. The van der Waals surface area contributed by atoms with Crippen LogP contribution in [0.5, 0.6) is 0 Å². The van der Waals surface area contributed by atoms with Crippen molar-refractivity contribution in [2.75, 3.05) is 0 Å². The molecule has 1 aromatic rings. The maximum atomic E-state index is 10.6. The Bertz CT molecular complexity index is 351. The highest BCUT2D eigenvalue weighted by atomic mass is 16.1. The van der Waals surface area contributed by atoms with Crippen LogP contribution in [0.25, 0.3) is 0 Å². The van der Waals surface area contributed by atoms with Gasteiger partial charge in [-0.1, -0.05) is 13.8 Å². The smallest absolute Gasteiger partial charge is 0.124 e. The predicted octanol–water partition coefficient (Wildman–Crippen LogP) is 2.16. The van der Waals surface area contributed by atoms with Crippen molar-refractivity contribution in [3.63, 3.8) is 0 Å². The molecule has 1 heterocycles.